The largest absolute Gasteiger partial charge is 0.435 e. The zero-order valence-electron chi connectivity index (χ0n) is 12.9. The first kappa shape index (κ1) is 18.2. The summed E-state index contributed by atoms with van der Waals surface area (Å²) in [6.07, 6.45) is 0. The van der Waals surface area contributed by atoms with Crippen molar-refractivity contribution in [2.45, 2.75) is 18.1 Å². The normalized spacial score (nSPS) is 10.7. The van der Waals surface area contributed by atoms with Gasteiger partial charge in [-0.2, -0.15) is 8.78 Å². The van der Waals surface area contributed by atoms with Crippen molar-refractivity contribution in [3.63, 3.8) is 0 Å². The van der Waals surface area contributed by atoms with E-state index in [0.717, 1.165) is 17.3 Å². The monoisotopic (exact) mass is 355 g/mol. The summed E-state index contributed by atoms with van der Waals surface area (Å²) in [5, 5.41) is 0. The van der Waals surface area contributed by atoms with Crippen LogP contribution in [-0.4, -0.2) is 30.2 Å². The third-order valence-electron chi connectivity index (χ3n) is 3.18. The van der Waals surface area contributed by atoms with E-state index >= 15 is 0 Å². The molecule has 7 heteroatoms. The van der Waals surface area contributed by atoms with Gasteiger partial charge in [0.2, 0.25) is 5.91 Å². The van der Waals surface area contributed by atoms with Crippen molar-refractivity contribution in [2.75, 3.05) is 12.8 Å². The van der Waals surface area contributed by atoms with E-state index in [2.05, 4.69) is 4.74 Å². The van der Waals surface area contributed by atoms with Gasteiger partial charge in [0.15, 0.2) is 0 Å². The minimum Gasteiger partial charge on any atom is -0.435 e. The topological polar surface area (TPSA) is 29.5 Å². The number of hydrogen-bond donors (Lipinski definition) is 0. The van der Waals surface area contributed by atoms with E-state index in [1.807, 2.05) is 0 Å². The molecule has 2 aromatic carbocycles. The molecule has 1 amide bonds. The standard InChI is InChI=1S/C17H16F3NO2S/c1-21(10-12-6-8-13(9-7-12)23-17(19)20)16(22)11-24-15-5-3-2-4-14(15)18/h2-9,17H,10-11H2,1H3. The number of hydrogen-bond acceptors (Lipinski definition) is 3. The highest BCUT2D eigenvalue weighted by atomic mass is 32.2. The number of alkyl halides is 2. The van der Waals surface area contributed by atoms with Gasteiger partial charge in [-0.3, -0.25) is 4.79 Å². The van der Waals surface area contributed by atoms with Gasteiger partial charge >= 0.3 is 6.61 Å². The Labute approximate surface area is 142 Å². The molecule has 0 heterocycles. The summed E-state index contributed by atoms with van der Waals surface area (Å²) in [4.78, 5) is 14.0. The molecule has 0 saturated heterocycles. The van der Waals surface area contributed by atoms with Crippen molar-refractivity contribution < 1.29 is 22.7 Å². The third-order valence-corrected chi connectivity index (χ3v) is 4.22. The molecular weight excluding hydrogens is 339 g/mol. The zero-order valence-corrected chi connectivity index (χ0v) is 13.7. The van der Waals surface area contributed by atoms with Crippen LogP contribution in [0.2, 0.25) is 0 Å². The fourth-order valence-corrected chi connectivity index (χ4v) is 2.83. The summed E-state index contributed by atoms with van der Waals surface area (Å²) >= 11 is 1.13. The second-order valence-corrected chi connectivity index (χ2v) is 6.01. The number of ether oxygens (including phenoxy) is 1. The van der Waals surface area contributed by atoms with Crippen LogP contribution in [0.5, 0.6) is 5.75 Å². The van der Waals surface area contributed by atoms with Gasteiger partial charge in [-0.15, -0.1) is 11.8 Å². The summed E-state index contributed by atoms with van der Waals surface area (Å²) in [5.41, 5.74) is 0.781. The SMILES string of the molecule is CN(Cc1ccc(OC(F)F)cc1)C(=O)CSc1ccccc1F. The lowest BCUT2D eigenvalue weighted by atomic mass is 10.2. The van der Waals surface area contributed by atoms with E-state index in [9.17, 15) is 18.0 Å². The van der Waals surface area contributed by atoms with Crippen LogP contribution >= 0.6 is 11.8 Å². The number of amides is 1. The first-order valence-corrected chi connectivity index (χ1v) is 8.09. The Morgan fingerprint density at radius 2 is 1.83 bits per heavy atom. The second kappa shape index (κ2) is 8.63. The number of carbonyl (C=O) groups is 1. The van der Waals surface area contributed by atoms with Crippen molar-refractivity contribution in [1.29, 1.82) is 0 Å². The minimum absolute atomic E-state index is 0.0674. The van der Waals surface area contributed by atoms with Gasteiger partial charge in [0.1, 0.15) is 11.6 Å². The van der Waals surface area contributed by atoms with Crippen molar-refractivity contribution in [3.05, 3.63) is 59.9 Å². The molecule has 0 aliphatic rings. The fourth-order valence-electron chi connectivity index (χ4n) is 1.95. The molecule has 0 spiro atoms. The Morgan fingerprint density at radius 3 is 2.46 bits per heavy atom. The van der Waals surface area contributed by atoms with Gasteiger partial charge < -0.3 is 9.64 Å². The number of rotatable bonds is 7. The number of halogens is 3. The van der Waals surface area contributed by atoms with E-state index < -0.39 is 6.61 Å². The molecule has 0 bridgehead atoms. The van der Waals surface area contributed by atoms with E-state index in [1.165, 1.54) is 23.1 Å². The maximum atomic E-state index is 13.5. The Balaban J connectivity index is 1.86. The van der Waals surface area contributed by atoms with E-state index in [4.69, 9.17) is 0 Å². The summed E-state index contributed by atoms with van der Waals surface area (Å²) in [6.45, 7) is -2.54. The Hall–Kier alpha value is -2.15. The molecule has 0 aromatic heterocycles. The quantitative estimate of drug-likeness (QED) is 0.698. The van der Waals surface area contributed by atoms with E-state index in [-0.39, 0.29) is 23.2 Å². The zero-order chi connectivity index (χ0) is 17.5. The van der Waals surface area contributed by atoms with Gasteiger partial charge in [0.25, 0.3) is 0 Å². The maximum Gasteiger partial charge on any atom is 0.387 e. The maximum absolute atomic E-state index is 13.5. The molecule has 0 fully saturated rings. The molecule has 0 radical (unpaired) electrons. The predicted molar refractivity (Wildman–Crippen MR) is 86.7 cm³/mol. The van der Waals surface area contributed by atoms with Gasteiger partial charge in [0, 0.05) is 18.5 Å². The molecule has 24 heavy (non-hydrogen) atoms. The highest BCUT2D eigenvalue weighted by molar-refractivity contribution is 8.00. The minimum atomic E-state index is -2.87. The number of nitrogens with zero attached hydrogens (tertiary/aromatic N) is 1. The average molecular weight is 355 g/mol. The van der Waals surface area contributed by atoms with Crippen LogP contribution in [0.4, 0.5) is 13.2 Å². The lowest BCUT2D eigenvalue weighted by Gasteiger charge is -2.17. The summed E-state index contributed by atoms with van der Waals surface area (Å²) in [6, 6.07) is 12.4. The Morgan fingerprint density at radius 1 is 1.17 bits per heavy atom. The number of benzene rings is 2. The molecule has 2 aromatic rings. The molecule has 0 saturated carbocycles. The van der Waals surface area contributed by atoms with Crippen LogP contribution in [0.3, 0.4) is 0 Å². The first-order valence-electron chi connectivity index (χ1n) is 7.11. The average Bonchev–Trinajstić information content (AvgIpc) is 2.55. The highest BCUT2D eigenvalue weighted by Gasteiger charge is 2.12. The van der Waals surface area contributed by atoms with E-state index in [1.54, 1.807) is 37.4 Å². The molecule has 0 unspecified atom stereocenters. The van der Waals surface area contributed by atoms with Crippen molar-refractivity contribution in [1.82, 2.24) is 4.90 Å². The molecule has 0 aliphatic heterocycles. The molecule has 128 valence electrons. The Bertz CT molecular complexity index is 680. The predicted octanol–water partition coefficient (Wildman–Crippen LogP) is 4.18. The van der Waals surface area contributed by atoms with Crippen LogP contribution in [0, 0.1) is 5.82 Å². The first-order chi connectivity index (χ1) is 11.5. The van der Waals surface area contributed by atoms with Crippen LogP contribution in [0.25, 0.3) is 0 Å². The van der Waals surface area contributed by atoms with Crippen LogP contribution < -0.4 is 4.74 Å². The molecular formula is C17H16F3NO2S. The smallest absolute Gasteiger partial charge is 0.387 e. The van der Waals surface area contributed by atoms with Crippen LogP contribution in [0.15, 0.2) is 53.4 Å². The van der Waals surface area contributed by atoms with Crippen molar-refractivity contribution in [2.24, 2.45) is 0 Å². The lowest BCUT2D eigenvalue weighted by molar-refractivity contribution is -0.127. The highest BCUT2D eigenvalue weighted by Crippen LogP contribution is 2.22. The second-order valence-electron chi connectivity index (χ2n) is 4.99. The van der Waals surface area contributed by atoms with Crippen molar-refractivity contribution >= 4 is 17.7 Å². The number of carbonyl (C=O) groups excluding carboxylic acids is 1. The van der Waals surface area contributed by atoms with Gasteiger partial charge in [-0.05, 0) is 29.8 Å². The fraction of sp³-hybridized carbons (Fsp3) is 0.235. The van der Waals surface area contributed by atoms with E-state index in [0.29, 0.717) is 11.4 Å². The molecule has 0 aliphatic carbocycles. The molecule has 2 rings (SSSR count). The molecule has 0 N–H and O–H groups in total. The van der Waals surface area contributed by atoms with Gasteiger partial charge in [0.05, 0.1) is 5.75 Å². The molecule has 3 nitrogen and oxygen atoms in total. The summed E-state index contributed by atoms with van der Waals surface area (Å²) < 4.78 is 41.9. The van der Waals surface area contributed by atoms with Crippen LogP contribution in [0.1, 0.15) is 5.56 Å². The summed E-state index contributed by atoms with van der Waals surface area (Å²) in [5.74, 6) is -0.328. The van der Waals surface area contributed by atoms with Gasteiger partial charge in [-0.25, -0.2) is 4.39 Å². The summed E-state index contributed by atoms with van der Waals surface area (Å²) in [7, 11) is 1.63. The molecule has 0 atom stereocenters. The number of thioether (sulfide) groups is 1. The Kier molecular flexibility index (Phi) is 6.54. The van der Waals surface area contributed by atoms with Crippen LogP contribution in [-0.2, 0) is 11.3 Å². The van der Waals surface area contributed by atoms with Gasteiger partial charge in [-0.1, -0.05) is 24.3 Å². The third kappa shape index (κ3) is 5.49. The lowest BCUT2D eigenvalue weighted by Crippen LogP contribution is -2.27. The van der Waals surface area contributed by atoms with Crippen molar-refractivity contribution in [3.8, 4) is 5.75 Å².